The summed E-state index contributed by atoms with van der Waals surface area (Å²) in [7, 11) is 0. The van der Waals surface area contributed by atoms with Gasteiger partial charge in [0.2, 0.25) is 0 Å². The van der Waals surface area contributed by atoms with E-state index in [1.165, 1.54) is 12.3 Å². The van der Waals surface area contributed by atoms with E-state index in [1.54, 1.807) is 38.1 Å². The lowest BCUT2D eigenvalue weighted by molar-refractivity contribution is -0.385. The summed E-state index contributed by atoms with van der Waals surface area (Å²) < 4.78 is 10.9. The summed E-state index contributed by atoms with van der Waals surface area (Å²) in [5, 5.41) is 30.4. The summed E-state index contributed by atoms with van der Waals surface area (Å²) in [5.41, 5.74) is 3.52. The largest absolute Gasteiger partial charge is 0.502 e. The van der Waals surface area contributed by atoms with Gasteiger partial charge in [-0.3, -0.25) is 14.9 Å². The van der Waals surface area contributed by atoms with Crippen molar-refractivity contribution < 1.29 is 29.1 Å². The molecule has 36 heavy (non-hydrogen) atoms. The predicted molar refractivity (Wildman–Crippen MR) is 133 cm³/mol. The topological polar surface area (TPSA) is 164 Å². The Morgan fingerprint density at radius 1 is 1.31 bits per heavy atom. The van der Waals surface area contributed by atoms with Crippen LogP contribution >= 0.6 is 12.2 Å². The molecule has 1 atom stereocenters. The number of allylic oxidation sites excluding steroid dienone is 1. The quantitative estimate of drug-likeness (QED) is 0.128. The first-order valence-corrected chi connectivity index (χ1v) is 11.1. The van der Waals surface area contributed by atoms with Crippen LogP contribution in [0.5, 0.6) is 11.5 Å². The van der Waals surface area contributed by atoms with E-state index < -0.39 is 40.9 Å². The number of amides is 1. The number of carbonyl (C=O) groups is 2. The van der Waals surface area contributed by atoms with Crippen LogP contribution in [0.4, 0.5) is 5.69 Å². The van der Waals surface area contributed by atoms with Crippen molar-refractivity contribution in [2.75, 3.05) is 13.2 Å². The van der Waals surface area contributed by atoms with Crippen molar-refractivity contribution in [1.29, 1.82) is 0 Å². The first kappa shape index (κ1) is 26.1. The van der Waals surface area contributed by atoms with E-state index in [4.69, 9.17) is 21.7 Å². The maximum absolute atomic E-state index is 12.6. The van der Waals surface area contributed by atoms with E-state index >= 15 is 0 Å². The van der Waals surface area contributed by atoms with Crippen molar-refractivity contribution in [3.63, 3.8) is 0 Å². The maximum Gasteiger partial charge on any atom is 0.338 e. The number of rotatable bonds is 9. The molecule has 0 unspecified atom stereocenters. The molecule has 0 fully saturated rings. The molecule has 2 aromatic carbocycles. The van der Waals surface area contributed by atoms with Gasteiger partial charge in [-0.2, -0.15) is 5.10 Å². The van der Waals surface area contributed by atoms with Gasteiger partial charge < -0.3 is 25.2 Å². The van der Waals surface area contributed by atoms with Gasteiger partial charge in [0.25, 0.3) is 5.91 Å². The van der Waals surface area contributed by atoms with Crippen LogP contribution in [-0.4, -0.2) is 46.4 Å². The zero-order valence-corrected chi connectivity index (χ0v) is 20.1. The van der Waals surface area contributed by atoms with Crippen molar-refractivity contribution >= 4 is 41.1 Å². The second-order valence-electron chi connectivity index (χ2n) is 7.42. The Labute approximate surface area is 211 Å². The molecular formula is C23H23N5O7S. The van der Waals surface area contributed by atoms with Gasteiger partial charge in [-0.05, 0) is 44.3 Å². The molecule has 12 nitrogen and oxygen atoms in total. The number of carbonyl (C=O) groups excluding carboxylic acids is 2. The van der Waals surface area contributed by atoms with Gasteiger partial charge in [0.15, 0.2) is 17.5 Å². The van der Waals surface area contributed by atoms with Gasteiger partial charge in [-0.1, -0.05) is 18.2 Å². The second-order valence-corrected chi connectivity index (χ2v) is 7.82. The minimum Gasteiger partial charge on any atom is -0.502 e. The zero-order chi connectivity index (χ0) is 26.2. The van der Waals surface area contributed by atoms with Gasteiger partial charge in [0.1, 0.15) is 5.75 Å². The summed E-state index contributed by atoms with van der Waals surface area (Å²) in [6, 6.07) is 9.86. The number of nitro groups is 1. The highest BCUT2D eigenvalue weighted by atomic mass is 32.1. The number of para-hydroxylation sites is 1. The number of thiocarbonyl (C=S) groups is 1. The van der Waals surface area contributed by atoms with Crippen LogP contribution in [0.25, 0.3) is 0 Å². The minimum absolute atomic E-state index is 0.198. The number of phenolic OH excluding ortho intramolecular Hbond substituents is 1. The number of aromatic hydroxyl groups is 1. The van der Waals surface area contributed by atoms with Gasteiger partial charge in [0.05, 0.1) is 29.4 Å². The number of hydrogen-bond acceptors (Lipinski definition) is 9. The highest BCUT2D eigenvalue weighted by Gasteiger charge is 2.32. The molecule has 0 bridgehead atoms. The fraction of sp³-hybridized carbons (Fsp3) is 0.217. The van der Waals surface area contributed by atoms with E-state index in [2.05, 4.69) is 21.2 Å². The monoisotopic (exact) mass is 513 g/mol. The van der Waals surface area contributed by atoms with Crippen molar-refractivity contribution in [2.24, 2.45) is 5.10 Å². The van der Waals surface area contributed by atoms with Crippen LogP contribution in [0.1, 0.15) is 31.0 Å². The number of nitro benzene ring substituents is 1. The van der Waals surface area contributed by atoms with Crippen LogP contribution in [0.15, 0.2) is 58.8 Å². The minimum atomic E-state index is -0.732. The van der Waals surface area contributed by atoms with Crippen LogP contribution in [0.3, 0.4) is 0 Å². The highest BCUT2D eigenvalue weighted by Crippen LogP contribution is 2.33. The molecule has 0 aliphatic carbocycles. The Morgan fingerprint density at radius 3 is 2.78 bits per heavy atom. The molecule has 0 spiro atoms. The average Bonchev–Trinajstić information content (AvgIpc) is 2.83. The predicted octanol–water partition coefficient (Wildman–Crippen LogP) is 2.19. The standard InChI is InChI=1S/C23H23N5O7S/c1-3-34-22(31)20-13(2)25-23(36)26-21(20)15-6-4-5-7-18(15)35-12-19(30)27-24-11-14-8-9-17(29)16(10-14)28(32)33/h4-11,21,29H,3,12H2,1-2H3,(H,27,30)(H2,25,26,36)/t21-/m1/s1. The van der Waals surface area contributed by atoms with E-state index in [0.717, 1.165) is 12.1 Å². The molecule has 4 N–H and O–H groups in total. The molecule has 2 aromatic rings. The first-order chi connectivity index (χ1) is 17.2. The first-order valence-electron chi connectivity index (χ1n) is 10.7. The van der Waals surface area contributed by atoms with E-state index in [1.807, 2.05) is 0 Å². The molecule has 1 aliphatic heterocycles. The summed E-state index contributed by atoms with van der Waals surface area (Å²) in [4.78, 5) is 35.1. The van der Waals surface area contributed by atoms with E-state index in [-0.39, 0.29) is 6.61 Å². The molecule has 0 radical (unpaired) electrons. The molecule has 0 saturated carbocycles. The lowest BCUT2D eigenvalue weighted by Crippen LogP contribution is -2.45. The van der Waals surface area contributed by atoms with E-state index in [0.29, 0.717) is 33.3 Å². The molecule has 13 heteroatoms. The Morgan fingerprint density at radius 2 is 2.06 bits per heavy atom. The van der Waals surface area contributed by atoms with Crippen LogP contribution in [-0.2, 0) is 14.3 Å². The summed E-state index contributed by atoms with van der Waals surface area (Å²) >= 11 is 5.25. The number of benzene rings is 2. The van der Waals surface area contributed by atoms with Crippen molar-refractivity contribution in [3.8, 4) is 11.5 Å². The SMILES string of the molecule is CCOC(=O)C1=C(C)NC(=S)N[C@@H]1c1ccccc1OCC(=O)NN=Cc1ccc(O)c([N+](=O)[O-])c1. The molecule has 1 aliphatic rings. The summed E-state index contributed by atoms with van der Waals surface area (Å²) in [5.74, 6) is -1.25. The van der Waals surface area contributed by atoms with Crippen LogP contribution in [0.2, 0.25) is 0 Å². The second kappa shape index (κ2) is 11.8. The van der Waals surface area contributed by atoms with E-state index in [9.17, 15) is 24.8 Å². The molecule has 1 heterocycles. The average molecular weight is 514 g/mol. The Balaban J connectivity index is 1.70. The van der Waals surface area contributed by atoms with Crippen molar-refractivity contribution in [3.05, 3.63) is 75.0 Å². The van der Waals surface area contributed by atoms with Crippen molar-refractivity contribution in [1.82, 2.24) is 16.1 Å². The van der Waals surface area contributed by atoms with Gasteiger partial charge >= 0.3 is 11.7 Å². The number of nitrogens with zero attached hydrogens (tertiary/aromatic N) is 2. The number of phenols is 1. The number of hydrogen-bond donors (Lipinski definition) is 4. The smallest absolute Gasteiger partial charge is 0.338 e. The van der Waals surface area contributed by atoms with Gasteiger partial charge in [-0.15, -0.1) is 0 Å². The maximum atomic E-state index is 12.6. The Hall–Kier alpha value is -4.52. The molecule has 0 saturated heterocycles. The Kier molecular flexibility index (Phi) is 8.52. The molecule has 3 rings (SSSR count). The fourth-order valence-electron chi connectivity index (χ4n) is 3.38. The third kappa shape index (κ3) is 6.33. The fourth-order valence-corrected chi connectivity index (χ4v) is 3.65. The summed E-state index contributed by atoms with van der Waals surface area (Å²) in [6.07, 6.45) is 1.19. The normalized spacial score (nSPS) is 15.2. The number of esters is 1. The third-order valence-electron chi connectivity index (χ3n) is 4.95. The van der Waals surface area contributed by atoms with Gasteiger partial charge in [-0.25, -0.2) is 10.2 Å². The van der Waals surface area contributed by atoms with Crippen LogP contribution < -0.4 is 20.8 Å². The zero-order valence-electron chi connectivity index (χ0n) is 19.3. The van der Waals surface area contributed by atoms with Crippen molar-refractivity contribution in [2.45, 2.75) is 19.9 Å². The molecule has 1 amide bonds. The lowest BCUT2D eigenvalue weighted by Gasteiger charge is -2.30. The van der Waals surface area contributed by atoms with Gasteiger partial charge in [0, 0.05) is 22.9 Å². The number of hydrazone groups is 1. The van der Waals surface area contributed by atoms with Crippen LogP contribution in [0, 0.1) is 10.1 Å². The lowest BCUT2D eigenvalue weighted by atomic mass is 9.95. The third-order valence-corrected chi connectivity index (χ3v) is 5.17. The number of nitrogens with one attached hydrogen (secondary N) is 3. The summed E-state index contributed by atoms with van der Waals surface area (Å²) in [6.45, 7) is 3.21. The molecular weight excluding hydrogens is 490 g/mol. The Bertz CT molecular complexity index is 1260. The molecule has 0 aromatic heterocycles. The highest BCUT2D eigenvalue weighted by molar-refractivity contribution is 7.80. The molecule has 188 valence electrons. The number of ether oxygens (including phenoxy) is 2.